The maximum atomic E-state index is 5.89. The van der Waals surface area contributed by atoms with Crippen molar-refractivity contribution >= 4 is 17.4 Å². The summed E-state index contributed by atoms with van der Waals surface area (Å²) in [5.41, 5.74) is 1.08. The molecular formula is C13H19ClN2. The van der Waals surface area contributed by atoms with E-state index in [-0.39, 0.29) is 0 Å². The van der Waals surface area contributed by atoms with Crippen LogP contribution in [0.15, 0.2) is 18.2 Å². The lowest BCUT2D eigenvalue weighted by atomic mass is 10.2. The SMILES string of the molecule is Cc1cccc(N(CCCl)C2CCCC2)n1. The van der Waals surface area contributed by atoms with Gasteiger partial charge in [-0.15, -0.1) is 11.6 Å². The van der Waals surface area contributed by atoms with E-state index in [1.165, 1.54) is 25.7 Å². The molecule has 0 aromatic carbocycles. The number of pyridine rings is 1. The molecule has 0 radical (unpaired) electrons. The number of halogens is 1. The zero-order valence-corrected chi connectivity index (χ0v) is 10.6. The lowest BCUT2D eigenvalue weighted by molar-refractivity contribution is 0.614. The van der Waals surface area contributed by atoms with Crippen molar-refractivity contribution in [3.05, 3.63) is 23.9 Å². The lowest BCUT2D eigenvalue weighted by Crippen LogP contribution is -2.35. The molecule has 1 saturated carbocycles. The Labute approximate surface area is 103 Å². The van der Waals surface area contributed by atoms with Gasteiger partial charge in [0.1, 0.15) is 5.82 Å². The quantitative estimate of drug-likeness (QED) is 0.748. The number of nitrogens with zero attached hydrogens (tertiary/aromatic N) is 2. The third-order valence-electron chi connectivity index (χ3n) is 3.26. The highest BCUT2D eigenvalue weighted by Crippen LogP contribution is 2.27. The highest BCUT2D eigenvalue weighted by Gasteiger charge is 2.23. The molecule has 1 aromatic rings. The van der Waals surface area contributed by atoms with Crippen molar-refractivity contribution < 1.29 is 0 Å². The molecule has 0 unspecified atom stereocenters. The summed E-state index contributed by atoms with van der Waals surface area (Å²) in [6, 6.07) is 6.86. The second kappa shape index (κ2) is 5.53. The molecule has 2 nitrogen and oxygen atoms in total. The topological polar surface area (TPSA) is 16.1 Å². The molecule has 0 amide bonds. The molecule has 0 bridgehead atoms. The molecule has 1 aromatic heterocycles. The molecule has 1 aliphatic rings. The van der Waals surface area contributed by atoms with Gasteiger partial charge in [0, 0.05) is 24.2 Å². The average Bonchev–Trinajstić information content (AvgIpc) is 2.79. The lowest BCUT2D eigenvalue weighted by Gasteiger charge is -2.29. The van der Waals surface area contributed by atoms with E-state index in [0.29, 0.717) is 11.9 Å². The van der Waals surface area contributed by atoms with Crippen LogP contribution in [0.1, 0.15) is 31.4 Å². The molecular weight excluding hydrogens is 220 g/mol. The summed E-state index contributed by atoms with van der Waals surface area (Å²) in [6.07, 6.45) is 5.25. The van der Waals surface area contributed by atoms with Gasteiger partial charge in [0.2, 0.25) is 0 Å². The van der Waals surface area contributed by atoms with Gasteiger partial charge in [0.25, 0.3) is 0 Å². The molecule has 0 aliphatic heterocycles. The molecule has 0 atom stereocenters. The second-order valence-corrected chi connectivity index (χ2v) is 4.84. The summed E-state index contributed by atoms with van der Waals surface area (Å²) in [5, 5.41) is 0. The fourth-order valence-electron chi connectivity index (χ4n) is 2.48. The molecule has 0 N–H and O–H groups in total. The zero-order valence-electron chi connectivity index (χ0n) is 9.82. The third-order valence-corrected chi connectivity index (χ3v) is 3.43. The van der Waals surface area contributed by atoms with Crippen molar-refractivity contribution in [2.75, 3.05) is 17.3 Å². The van der Waals surface area contributed by atoms with Gasteiger partial charge >= 0.3 is 0 Å². The van der Waals surface area contributed by atoms with Crippen LogP contribution in [-0.2, 0) is 0 Å². The van der Waals surface area contributed by atoms with Crippen LogP contribution in [-0.4, -0.2) is 23.5 Å². The molecule has 1 aliphatic carbocycles. The first-order valence-electron chi connectivity index (χ1n) is 6.07. The first-order valence-corrected chi connectivity index (χ1v) is 6.61. The minimum atomic E-state index is 0.646. The largest absolute Gasteiger partial charge is 0.352 e. The predicted molar refractivity (Wildman–Crippen MR) is 69.3 cm³/mol. The predicted octanol–water partition coefficient (Wildman–Crippen LogP) is 3.38. The van der Waals surface area contributed by atoms with Crippen LogP contribution in [0.3, 0.4) is 0 Å². The number of rotatable bonds is 4. The number of alkyl halides is 1. The summed E-state index contributed by atoms with van der Waals surface area (Å²) in [5.74, 6) is 1.76. The third kappa shape index (κ3) is 2.67. The Morgan fingerprint density at radius 3 is 2.75 bits per heavy atom. The van der Waals surface area contributed by atoms with Crippen molar-refractivity contribution in [3.8, 4) is 0 Å². The fourth-order valence-corrected chi connectivity index (χ4v) is 2.66. The normalized spacial score (nSPS) is 16.6. The summed E-state index contributed by atoms with van der Waals surface area (Å²) < 4.78 is 0. The van der Waals surface area contributed by atoms with Gasteiger partial charge < -0.3 is 4.90 Å². The van der Waals surface area contributed by atoms with Crippen molar-refractivity contribution in [1.29, 1.82) is 0 Å². The number of anilines is 1. The van der Waals surface area contributed by atoms with Gasteiger partial charge in [-0.1, -0.05) is 18.9 Å². The molecule has 0 spiro atoms. The van der Waals surface area contributed by atoms with Crippen molar-refractivity contribution in [1.82, 2.24) is 4.98 Å². The Hall–Kier alpha value is -0.760. The van der Waals surface area contributed by atoms with Gasteiger partial charge in [-0.3, -0.25) is 0 Å². The van der Waals surface area contributed by atoms with Gasteiger partial charge in [0.05, 0.1) is 0 Å². The number of aromatic nitrogens is 1. The van der Waals surface area contributed by atoms with Gasteiger partial charge in [-0.25, -0.2) is 4.98 Å². The number of aryl methyl sites for hydroxylation is 1. The maximum Gasteiger partial charge on any atom is 0.129 e. The van der Waals surface area contributed by atoms with Crippen LogP contribution in [0.25, 0.3) is 0 Å². The molecule has 1 fully saturated rings. The smallest absolute Gasteiger partial charge is 0.129 e. The van der Waals surface area contributed by atoms with Crippen molar-refractivity contribution in [3.63, 3.8) is 0 Å². The molecule has 88 valence electrons. The maximum absolute atomic E-state index is 5.89. The molecule has 2 rings (SSSR count). The average molecular weight is 239 g/mol. The van der Waals surface area contributed by atoms with E-state index in [2.05, 4.69) is 22.0 Å². The zero-order chi connectivity index (χ0) is 11.4. The van der Waals surface area contributed by atoms with E-state index in [4.69, 9.17) is 11.6 Å². The van der Waals surface area contributed by atoms with E-state index in [1.807, 2.05) is 13.0 Å². The molecule has 1 heterocycles. The summed E-state index contributed by atoms with van der Waals surface area (Å²) in [7, 11) is 0. The van der Waals surface area contributed by atoms with Gasteiger partial charge in [0.15, 0.2) is 0 Å². The van der Waals surface area contributed by atoms with Crippen LogP contribution in [0.4, 0.5) is 5.82 Å². The second-order valence-electron chi connectivity index (χ2n) is 4.46. The monoisotopic (exact) mass is 238 g/mol. The highest BCUT2D eigenvalue weighted by atomic mass is 35.5. The Bertz CT molecular complexity index is 334. The number of hydrogen-bond donors (Lipinski definition) is 0. The van der Waals surface area contributed by atoms with E-state index in [1.54, 1.807) is 0 Å². The van der Waals surface area contributed by atoms with Crippen LogP contribution in [0, 0.1) is 6.92 Å². The fraction of sp³-hybridized carbons (Fsp3) is 0.615. The Kier molecular flexibility index (Phi) is 4.05. The van der Waals surface area contributed by atoms with Gasteiger partial charge in [-0.05, 0) is 31.9 Å². The van der Waals surface area contributed by atoms with E-state index in [0.717, 1.165) is 18.1 Å². The van der Waals surface area contributed by atoms with E-state index < -0.39 is 0 Å². The summed E-state index contributed by atoms with van der Waals surface area (Å²) in [6.45, 7) is 2.94. The summed E-state index contributed by atoms with van der Waals surface area (Å²) in [4.78, 5) is 6.99. The first kappa shape index (κ1) is 11.7. The van der Waals surface area contributed by atoms with Crippen LogP contribution < -0.4 is 4.90 Å². The van der Waals surface area contributed by atoms with Crippen LogP contribution >= 0.6 is 11.6 Å². The van der Waals surface area contributed by atoms with Crippen molar-refractivity contribution in [2.45, 2.75) is 38.6 Å². The Balaban J connectivity index is 2.17. The van der Waals surface area contributed by atoms with Crippen LogP contribution in [0.5, 0.6) is 0 Å². The molecule has 3 heteroatoms. The van der Waals surface area contributed by atoms with E-state index >= 15 is 0 Å². The minimum absolute atomic E-state index is 0.646. The number of hydrogen-bond acceptors (Lipinski definition) is 2. The summed E-state index contributed by atoms with van der Waals surface area (Å²) >= 11 is 5.89. The highest BCUT2D eigenvalue weighted by molar-refractivity contribution is 6.18. The first-order chi connectivity index (χ1) is 7.81. The Morgan fingerprint density at radius 2 is 2.12 bits per heavy atom. The van der Waals surface area contributed by atoms with Crippen LogP contribution in [0.2, 0.25) is 0 Å². The Morgan fingerprint density at radius 1 is 1.38 bits per heavy atom. The minimum Gasteiger partial charge on any atom is -0.352 e. The van der Waals surface area contributed by atoms with Crippen molar-refractivity contribution in [2.24, 2.45) is 0 Å². The molecule has 0 saturated heterocycles. The van der Waals surface area contributed by atoms with Gasteiger partial charge in [-0.2, -0.15) is 0 Å². The standard InChI is InChI=1S/C13H19ClN2/c1-11-5-4-8-13(15-11)16(10-9-14)12-6-2-3-7-12/h4-5,8,12H,2-3,6-7,9-10H2,1H3. The van der Waals surface area contributed by atoms with E-state index in [9.17, 15) is 0 Å². The molecule has 16 heavy (non-hydrogen) atoms.